The summed E-state index contributed by atoms with van der Waals surface area (Å²) in [6.07, 6.45) is 4.82. The van der Waals surface area contributed by atoms with Gasteiger partial charge in [-0.15, -0.1) is 0 Å². The summed E-state index contributed by atoms with van der Waals surface area (Å²) < 4.78 is 11.7. The lowest BCUT2D eigenvalue weighted by atomic mass is 9.96. The summed E-state index contributed by atoms with van der Waals surface area (Å²) >= 11 is 0. The van der Waals surface area contributed by atoms with Crippen LogP contribution in [0.4, 0.5) is 5.69 Å². The molecule has 0 spiro atoms. The van der Waals surface area contributed by atoms with Crippen LogP contribution in [0.15, 0.2) is 36.4 Å². The van der Waals surface area contributed by atoms with Crippen LogP contribution in [0.1, 0.15) is 59.8 Å². The molecule has 1 amide bonds. The van der Waals surface area contributed by atoms with Gasteiger partial charge in [-0.3, -0.25) is 4.79 Å². The van der Waals surface area contributed by atoms with Crippen molar-refractivity contribution < 1.29 is 14.3 Å². The summed E-state index contributed by atoms with van der Waals surface area (Å²) in [5.74, 6) is 0.750. The molecule has 0 aliphatic rings. The van der Waals surface area contributed by atoms with Gasteiger partial charge in [-0.2, -0.15) is 0 Å². The van der Waals surface area contributed by atoms with E-state index in [4.69, 9.17) is 9.47 Å². The molecule has 0 radical (unpaired) electrons. The fourth-order valence-corrected chi connectivity index (χ4v) is 3.21. The minimum Gasteiger partial charge on any atom is -0.493 e. The van der Waals surface area contributed by atoms with E-state index >= 15 is 0 Å². The quantitative estimate of drug-likeness (QED) is 0.497. The normalized spacial score (nSPS) is 13.3. The summed E-state index contributed by atoms with van der Waals surface area (Å²) in [5, 5.41) is 5.09. The number of fused-ring (bicyclic) bond motifs is 1. The zero-order chi connectivity index (χ0) is 19.7. The van der Waals surface area contributed by atoms with Crippen molar-refractivity contribution in [2.24, 2.45) is 0 Å². The molecule has 27 heavy (non-hydrogen) atoms. The average Bonchev–Trinajstić information content (AvgIpc) is 2.68. The average molecular weight is 372 g/mol. The lowest BCUT2D eigenvalue weighted by Gasteiger charge is -2.29. The summed E-state index contributed by atoms with van der Waals surface area (Å²) in [7, 11) is 0. The summed E-state index contributed by atoms with van der Waals surface area (Å²) in [5.41, 5.74) is -0.0221. The first-order valence-electron chi connectivity index (χ1n) is 10.2. The van der Waals surface area contributed by atoms with Gasteiger partial charge >= 0.3 is 0 Å². The Morgan fingerprint density at radius 2 is 1.74 bits per heavy atom. The molecule has 1 N–H and O–H groups in total. The second kappa shape index (κ2) is 10.3. The standard InChI is InChI=1S/C23H33NO3/c1-5-8-11-16-23(4,27-17-6-2)22(25)24-20-14-15-21(26-7-3)19-13-10-9-12-18(19)20/h9-10,12-15H,5-8,11,16-17H2,1-4H3,(H,24,25)/t23-/m0/s1. The van der Waals surface area contributed by atoms with Crippen LogP contribution in [0.3, 0.4) is 0 Å². The van der Waals surface area contributed by atoms with E-state index in [1.807, 2.05) is 50.2 Å². The molecule has 0 saturated heterocycles. The summed E-state index contributed by atoms with van der Waals surface area (Å²) in [6, 6.07) is 11.8. The molecule has 2 aromatic rings. The number of hydrogen-bond donors (Lipinski definition) is 1. The van der Waals surface area contributed by atoms with Crippen molar-refractivity contribution in [3.05, 3.63) is 36.4 Å². The number of carbonyl (C=O) groups excluding carboxylic acids is 1. The molecule has 0 fully saturated rings. The zero-order valence-corrected chi connectivity index (χ0v) is 17.1. The number of hydrogen-bond acceptors (Lipinski definition) is 3. The maximum Gasteiger partial charge on any atom is 0.256 e. The molecule has 4 nitrogen and oxygen atoms in total. The molecule has 0 aromatic heterocycles. The number of anilines is 1. The number of benzene rings is 2. The van der Waals surface area contributed by atoms with Crippen molar-refractivity contribution in [1.29, 1.82) is 0 Å². The van der Waals surface area contributed by atoms with Crippen LogP contribution in [0.5, 0.6) is 5.75 Å². The molecule has 0 bridgehead atoms. The number of rotatable bonds is 11. The molecule has 0 aliphatic carbocycles. The Bertz CT molecular complexity index is 743. The highest BCUT2D eigenvalue weighted by atomic mass is 16.5. The van der Waals surface area contributed by atoms with Gasteiger partial charge in [0.2, 0.25) is 0 Å². The van der Waals surface area contributed by atoms with E-state index in [0.717, 1.165) is 54.3 Å². The van der Waals surface area contributed by atoms with Crippen molar-refractivity contribution in [3.8, 4) is 5.75 Å². The van der Waals surface area contributed by atoms with Crippen molar-refractivity contribution in [1.82, 2.24) is 0 Å². The lowest BCUT2D eigenvalue weighted by Crippen LogP contribution is -2.43. The minimum absolute atomic E-state index is 0.0821. The van der Waals surface area contributed by atoms with Crippen molar-refractivity contribution >= 4 is 22.4 Å². The van der Waals surface area contributed by atoms with Gasteiger partial charge in [0.05, 0.1) is 6.61 Å². The largest absolute Gasteiger partial charge is 0.493 e. The first-order chi connectivity index (χ1) is 13.1. The molecule has 148 valence electrons. The second-order valence-electron chi connectivity index (χ2n) is 7.08. The van der Waals surface area contributed by atoms with E-state index in [9.17, 15) is 4.79 Å². The van der Waals surface area contributed by atoms with Crippen molar-refractivity contribution in [3.63, 3.8) is 0 Å². The fraction of sp³-hybridized carbons (Fsp3) is 0.522. The Hall–Kier alpha value is -2.07. The van der Waals surface area contributed by atoms with Crippen molar-refractivity contribution in [2.45, 2.75) is 65.4 Å². The predicted molar refractivity (Wildman–Crippen MR) is 113 cm³/mol. The smallest absolute Gasteiger partial charge is 0.256 e. The first-order valence-corrected chi connectivity index (χ1v) is 10.2. The number of unbranched alkanes of at least 4 members (excludes halogenated alkanes) is 2. The van der Waals surface area contributed by atoms with Crippen LogP contribution in [-0.2, 0) is 9.53 Å². The molecule has 2 aromatic carbocycles. The Kier molecular flexibility index (Phi) is 8.11. The van der Waals surface area contributed by atoms with Crippen LogP contribution >= 0.6 is 0 Å². The Balaban J connectivity index is 2.27. The molecule has 0 aliphatic heterocycles. The number of carbonyl (C=O) groups is 1. The van der Waals surface area contributed by atoms with Gasteiger partial charge in [0.15, 0.2) is 0 Å². The topological polar surface area (TPSA) is 47.6 Å². The van der Waals surface area contributed by atoms with Gasteiger partial charge in [0.25, 0.3) is 5.91 Å². The predicted octanol–water partition coefficient (Wildman–Crippen LogP) is 5.94. The molecule has 2 rings (SSSR count). The third-order valence-corrected chi connectivity index (χ3v) is 4.79. The number of nitrogens with one attached hydrogen (secondary N) is 1. The minimum atomic E-state index is -0.815. The molecular weight excluding hydrogens is 338 g/mol. The van der Waals surface area contributed by atoms with E-state index in [0.29, 0.717) is 13.2 Å². The Morgan fingerprint density at radius 3 is 2.41 bits per heavy atom. The Morgan fingerprint density at radius 1 is 1.00 bits per heavy atom. The molecule has 1 atom stereocenters. The zero-order valence-electron chi connectivity index (χ0n) is 17.1. The van der Waals surface area contributed by atoms with E-state index in [2.05, 4.69) is 19.2 Å². The van der Waals surface area contributed by atoms with E-state index in [-0.39, 0.29) is 5.91 Å². The maximum atomic E-state index is 13.1. The summed E-state index contributed by atoms with van der Waals surface area (Å²) in [4.78, 5) is 13.1. The van der Waals surface area contributed by atoms with Crippen molar-refractivity contribution in [2.75, 3.05) is 18.5 Å². The van der Waals surface area contributed by atoms with Crippen LogP contribution in [-0.4, -0.2) is 24.7 Å². The van der Waals surface area contributed by atoms with Crippen LogP contribution < -0.4 is 10.1 Å². The maximum absolute atomic E-state index is 13.1. The van der Waals surface area contributed by atoms with Gasteiger partial charge in [-0.05, 0) is 38.8 Å². The Labute approximate surface area is 163 Å². The lowest BCUT2D eigenvalue weighted by molar-refractivity contribution is -0.140. The molecule has 4 heteroatoms. The number of amides is 1. The van der Waals surface area contributed by atoms with Crippen LogP contribution in [0.2, 0.25) is 0 Å². The van der Waals surface area contributed by atoms with Crippen LogP contribution in [0, 0.1) is 0 Å². The molecule has 0 saturated carbocycles. The highest BCUT2D eigenvalue weighted by Gasteiger charge is 2.33. The second-order valence-corrected chi connectivity index (χ2v) is 7.08. The van der Waals surface area contributed by atoms with Gasteiger partial charge in [0.1, 0.15) is 11.4 Å². The van der Waals surface area contributed by atoms with Gasteiger partial charge in [-0.25, -0.2) is 0 Å². The molecular formula is C23H33NO3. The van der Waals surface area contributed by atoms with Crippen LogP contribution in [0.25, 0.3) is 10.8 Å². The summed E-state index contributed by atoms with van der Waals surface area (Å²) in [6.45, 7) is 9.29. The van der Waals surface area contributed by atoms with Gasteiger partial charge in [-0.1, -0.05) is 57.4 Å². The SMILES string of the molecule is CCCCC[C@](C)(OCCC)C(=O)Nc1ccc(OCC)c2ccccc12. The molecule has 0 unspecified atom stereocenters. The first kappa shape index (κ1) is 21.2. The highest BCUT2D eigenvalue weighted by molar-refractivity contribution is 6.06. The van der Waals surface area contributed by atoms with E-state index in [1.165, 1.54) is 0 Å². The highest BCUT2D eigenvalue weighted by Crippen LogP contribution is 2.32. The van der Waals surface area contributed by atoms with Gasteiger partial charge in [0, 0.05) is 23.1 Å². The monoisotopic (exact) mass is 371 g/mol. The molecule has 0 heterocycles. The third kappa shape index (κ3) is 5.46. The van der Waals surface area contributed by atoms with Gasteiger partial charge < -0.3 is 14.8 Å². The van der Waals surface area contributed by atoms with E-state index < -0.39 is 5.60 Å². The number of ether oxygens (including phenoxy) is 2. The fourth-order valence-electron chi connectivity index (χ4n) is 3.21. The third-order valence-electron chi connectivity index (χ3n) is 4.79. The van der Waals surface area contributed by atoms with E-state index in [1.54, 1.807) is 0 Å².